The third-order valence-electron chi connectivity index (χ3n) is 13.8. The van der Waals surface area contributed by atoms with Gasteiger partial charge < -0.3 is 64.2 Å². The summed E-state index contributed by atoms with van der Waals surface area (Å²) in [5, 5.41) is 72.2. The van der Waals surface area contributed by atoms with Crippen LogP contribution >= 0.6 is 0 Å². The zero-order valence-electron chi connectivity index (χ0n) is 43.3. The summed E-state index contributed by atoms with van der Waals surface area (Å²) in [6, 6.07) is 0. The fourth-order valence-electron chi connectivity index (χ4n) is 9.22. The fourth-order valence-corrected chi connectivity index (χ4v) is 9.22. The molecule has 0 amide bonds. The van der Waals surface area contributed by atoms with Gasteiger partial charge >= 0.3 is 11.9 Å². The third-order valence-corrected chi connectivity index (χ3v) is 13.8. The van der Waals surface area contributed by atoms with E-state index in [1.807, 2.05) is 0 Å². The number of carbonyl (C=O) groups excluding carboxylic acids is 2. The lowest BCUT2D eigenvalue weighted by molar-refractivity contribution is -0.332. The average Bonchev–Trinajstić information content (AvgIpc) is 3.34. The summed E-state index contributed by atoms with van der Waals surface area (Å²) >= 11 is 0. The molecule has 0 radical (unpaired) electrons. The molecule has 0 aliphatic carbocycles. The van der Waals surface area contributed by atoms with Crippen molar-refractivity contribution in [3.63, 3.8) is 0 Å². The number of hydrogen-bond acceptors (Lipinski definition) is 15. The van der Waals surface area contributed by atoms with E-state index in [4.69, 9.17) is 28.4 Å². The molecule has 69 heavy (non-hydrogen) atoms. The van der Waals surface area contributed by atoms with Crippen molar-refractivity contribution < 1.29 is 73.8 Å². The van der Waals surface area contributed by atoms with Gasteiger partial charge in [0.1, 0.15) is 55.4 Å². The first-order valence-corrected chi connectivity index (χ1v) is 28.1. The van der Waals surface area contributed by atoms with Gasteiger partial charge in [0.25, 0.3) is 0 Å². The predicted molar refractivity (Wildman–Crippen MR) is 266 cm³/mol. The molecule has 0 spiro atoms. The van der Waals surface area contributed by atoms with Crippen molar-refractivity contribution >= 4 is 11.9 Å². The quantitative estimate of drug-likeness (QED) is 0.0223. The van der Waals surface area contributed by atoms with Crippen molar-refractivity contribution in [1.29, 1.82) is 0 Å². The number of ether oxygens (including phenoxy) is 6. The molecule has 408 valence electrons. The van der Waals surface area contributed by atoms with Gasteiger partial charge in [-0.25, -0.2) is 0 Å². The van der Waals surface area contributed by atoms with E-state index in [9.17, 15) is 45.3 Å². The van der Waals surface area contributed by atoms with Crippen LogP contribution in [0.1, 0.15) is 239 Å². The molecule has 0 aromatic carbocycles. The van der Waals surface area contributed by atoms with Crippen molar-refractivity contribution in [3.05, 3.63) is 0 Å². The Bertz CT molecular complexity index is 1210. The maximum absolute atomic E-state index is 13.0. The first-order chi connectivity index (χ1) is 33.5. The van der Waals surface area contributed by atoms with Gasteiger partial charge in [-0.15, -0.1) is 0 Å². The Morgan fingerprint density at radius 3 is 1.13 bits per heavy atom. The highest BCUT2D eigenvalue weighted by molar-refractivity contribution is 5.70. The lowest BCUT2D eigenvalue weighted by atomic mass is 9.98. The molecule has 11 atom stereocenters. The smallest absolute Gasteiger partial charge is 0.306 e. The first kappa shape index (κ1) is 63.6. The topological polar surface area (TPSA) is 231 Å². The van der Waals surface area contributed by atoms with E-state index in [1.54, 1.807) is 0 Å². The van der Waals surface area contributed by atoms with Gasteiger partial charge in [-0.1, -0.05) is 213 Å². The zero-order chi connectivity index (χ0) is 50.3. The van der Waals surface area contributed by atoms with E-state index in [2.05, 4.69) is 13.8 Å². The van der Waals surface area contributed by atoms with Crippen molar-refractivity contribution in [2.75, 3.05) is 26.4 Å². The molecule has 7 N–H and O–H groups in total. The highest BCUT2D eigenvalue weighted by Crippen LogP contribution is 2.27. The summed E-state index contributed by atoms with van der Waals surface area (Å²) in [4.78, 5) is 25.8. The van der Waals surface area contributed by atoms with Gasteiger partial charge in [-0.2, -0.15) is 0 Å². The molecule has 15 heteroatoms. The molecule has 2 heterocycles. The van der Waals surface area contributed by atoms with E-state index in [0.29, 0.717) is 12.8 Å². The third kappa shape index (κ3) is 29.7. The Hall–Kier alpha value is -1.50. The summed E-state index contributed by atoms with van der Waals surface area (Å²) in [5.41, 5.74) is 0. The lowest BCUT2D eigenvalue weighted by Gasteiger charge is -2.42. The summed E-state index contributed by atoms with van der Waals surface area (Å²) in [7, 11) is 0. The number of carbonyl (C=O) groups is 2. The molecule has 2 aliphatic heterocycles. The van der Waals surface area contributed by atoms with E-state index >= 15 is 0 Å². The van der Waals surface area contributed by atoms with Gasteiger partial charge in [-0.05, 0) is 12.8 Å². The Kier molecular flexibility index (Phi) is 38.6. The molecule has 0 aromatic rings. The molecule has 0 saturated carbocycles. The molecule has 0 bridgehead atoms. The van der Waals surface area contributed by atoms with Crippen LogP contribution in [0.15, 0.2) is 0 Å². The summed E-state index contributed by atoms with van der Waals surface area (Å²) in [5.74, 6) is -0.906. The number of unbranched alkanes of at least 4 members (excludes halogenated alkanes) is 31. The number of aliphatic hydroxyl groups is 7. The monoisotopic (exact) mass is 991 g/mol. The van der Waals surface area contributed by atoms with Gasteiger partial charge in [0.05, 0.1) is 19.8 Å². The van der Waals surface area contributed by atoms with Crippen LogP contribution < -0.4 is 0 Å². The molecular weight excluding hydrogens is 889 g/mol. The maximum Gasteiger partial charge on any atom is 0.306 e. The molecule has 15 nitrogen and oxygen atoms in total. The number of rotatable bonds is 45. The number of aliphatic hydroxyl groups excluding tert-OH is 7. The van der Waals surface area contributed by atoms with Gasteiger partial charge in [0.15, 0.2) is 18.7 Å². The zero-order valence-corrected chi connectivity index (χ0v) is 43.3. The Morgan fingerprint density at radius 2 is 0.739 bits per heavy atom. The minimum atomic E-state index is -1.76. The second kappa shape index (κ2) is 41.9. The Morgan fingerprint density at radius 1 is 0.406 bits per heavy atom. The summed E-state index contributed by atoms with van der Waals surface area (Å²) in [6.45, 7) is 2.64. The van der Waals surface area contributed by atoms with Gasteiger partial charge in [0, 0.05) is 12.8 Å². The minimum absolute atomic E-state index is 0.173. The fraction of sp³-hybridized carbons (Fsp3) is 0.963. The van der Waals surface area contributed by atoms with Crippen LogP contribution in [0.4, 0.5) is 0 Å². The molecule has 2 aliphatic rings. The highest BCUT2D eigenvalue weighted by Gasteiger charge is 2.47. The van der Waals surface area contributed by atoms with Crippen LogP contribution in [0.25, 0.3) is 0 Å². The average molecular weight is 991 g/mol. The summed E-state index contributed by atoms with van der Waals surface area (Å²) in [6.07, 6.45) is 24.2. The van der Waals surface area contributed by atoms with Gasteiger partial charge in [-0.3, -0.25) is 9.59 Å². The molecule has 2 rings (SSSR count). The standard InChI is InChI=1S/C54H102O15/c1-3-5-7-9-11-13-15-17-18-19-20-21-22-23-25-26-28-30-32-34-36-45(56)64-39-42(67-46(57)37-35-33-31-29-27-24-16-14-12-10-8-6-4-2)40-65-53-52(63)50(61)48(59)44(69-53)41-66-54-51(62)49(60)47(58)43(38-55)68-54/h42-44,47-55,58-63H,3-41H2,1-2H3/t42-,43+,44+,47-,48-,49?,50?,51?,52?,53+,54+/m0/s1. The van der Waals surface area contributed by atoms with E-state index in [0.717, 1.165) is 38.5 Å². The second-order valence-corrected chi connectivity index (χ2v) is 20.1. The normalized spacial score (nSPS) is 25.5. The predicted octanol–water partition coefficient (Wildman–Crippen LogP) is 8.78. The summed E-state index contributed by atoms with van der Waals surface area (Å²) < 4.78 is 33.7. The van der Waals surface area contributed by atoms with E-state index in [1.165, 1.54) is 161 Å². The minimum Gasteiger partial charge on any atom is -0.462 e. The first-order valence-electron chi connectivity index (χ1n) is 28.1. The van der Waals surface area contributed by atoms with Crippen molar-refractivity contribution in [1.82, 2.24) is 0 Å². The van der Waals surface area contributed by atoms with Crippen molar-refractivity contribution in [2.45, 2.75) is 306 Å². The van der Waals surface area contributed by atoms with E-state index in [-0.39, 0.29) is 26.1 Å². The van der Waals surface area contributed by atoms with Crippen molar-refractivity contribution in [3.8, 4) is 0 Å². The number of esters is 2. The highest BCUT2D eigenvalue weighted by atomic mass is 16.7. The Labute approximate surface area is 417 Å². The SMILES string of the molecule is CCCCCCCCCCCCCCCCCCCCCCC(=O)OC[C@@H](CO[C@@H]1O[C@H](CO[C@@H]2O[C@H](CO)[C@H](O)C(O)C2O)[C@H](O)C(O)C1O)OC(=O)CCCCCCCCCCCCCCC. The second-order valence-electron chi connectivity index (χ2n) is 20.1. The molecule has 4 unspecified atom stereocenters. The van der Waals surface area contributed by atoms with Gasteiger partial charge in [0.2, 0.25) is 0 Å². The molecular formula is C54H102O15. The van der Waals surface area contributed by atoms with Crippen LogP contribution in [0.3, 0.4) is 0 Å². The number of hydrogen-bond donors (Lipinski definition) is 7. The van der Waals surface area contributed by atoms with Crippen LogP contribution in [-0.4, -0.2) is 142 Å². The lowest BCUT2D eigenvalue weighted by Crippen LogP contribution is -2.61. The van der Waals surface area contributed by atoms with Crippen LogP contribution in [-0.2, 0) is 38.0 Å². The van der Waals surface area contributed by atoms with E-state index < -0.39 is 92.7 Å². The maximum atomic E-state index is 13.0. The van der Waals surface area contributed by atoms with Crippen LogP contribution in [0.2, 0.25) is 0 Å². The van der Waals surface area contributed by atoms with Crippen LogP contribution in [0, 0.1) is 0 Å². The van der Waals surface area contributed by atoms with Crippen molar-refractivity contribution in [2.24, 2.45) is 0 Å². The Balaban J connectivity index is 1.74. The van der Waals surface area contributed by atoms with Crippen LogP contribution in [0.5, 0.6) is 0 Å². The molecule has 0 aromatic heterocycles. The molecule has 2 fully saturated rings. The largest absolute Gasteiger partial charge is 0.462 e. The molecule has 2 saturated heterocycles.